The topological polar surface area (TPSA) is 46.6 Å². The normalized spacial score (nSPS) is 34.8. The third-order valence-electron chi connectivity index (χ3n) is 5.91. The van der Waals surface area contributed by atoms with Crippen molar-refractivity contribution in [3.63, 3.8) is 0 Å². The molecule has 1 aliphatic carbocycles. The van der Waals surface area contributed by atoms with E-state index in [0.717, 1.165) is 32.2 Å². The fraction of sp³-hybridized carbons (Fsp3) is 0.579. The van der Waals surface area contributed by atoms with Crippen LogP contribution in [-0.4, -0.2) is 42.4 Å². The molecule has 5 rings (SSSR count). The number of likely N-dealkylation sites (tertiary alicyclic amines) is 1. The molecule has 0 spiro atoms. The van der Waals surface area contributed by atoms with Gasteiger partial charge in [0, 0.05) is 19.0 Å². The van der Waals surface area contributed by atoms with Crippen LogP contribution in [0.25, 0.3) is 0 Å². The van der Waals surface area contributed by atoms with Crippen LogP contribution in [0, 0.1) is 11.2 Å². The number of carbonyl (C=O) groups is 2. The van der Waals surface area contributed by atoms with Crippen molar-refractivity contribution >= 4 is 12.2 Å². The standard InChI is InChI=1S/C19H22FNO3/c1-18-10-19(11-18,12-24-18)17(23)21-7-3-5-13(8-21)15-6-2-4-14(9-22)16(15)20/h2,4,6,9,13H,3,5,7-8,10-12H2,1H3. The lowest BCUT2D eigenvalue weighted by atomic mass is 9.62. The number of ether oxygens (including phenoxy) is 1. The number of piperidine rings is 1. The number of aldehydes is 1. The Morgan fingerprint density at radius 3 is 2.88 bits per heavy atom. The summed E-state index contributed by atoms with van der Waals surface area (Å²) in [4.78, 5) is 25.8. The SMILES string of the molecule is CC12CC(C(=O)N3CCCC(c4cccc(C=O)c4F)C3)(CO1)C2. The van der Waals surface area contributed by atoms with Gasteiger partial charge in [0.05, 0.1) is 23.2 Å². The van der Waals surface area contributed by atoms with Crippen molar-refractivity contribution in [2.24, 2.45) is 5.41 Å². The van der Waals surface area contributed by atoms with Crippen molar-refractivity contribution in [3.05, 3.63) is 35.1 Å². The number of hydrogen-bond donors (Lipinski definition) is 0. The van der Waals surface area contributed by atoms with E-state index >= 15 is 0 Å². The molecule has 1 saturated carbocycles. The Morgan fingerprint density at radius 2 is 2.21 bits per heavy atom. The zero-order valence-corrected chi connectivity index (χ0v) is 13.9. The first-order valence-electron chi connectivity index (χ1n) is 8.63. The molecule has 4 aliphatic rings. The summed E-state index contributed by atoms with van der Waals surface area (Å²) in [5, 5.41) is 0. The summed E-state index contributed by atoms with van der Waals surface area (Å²) >= 11 is 0. The Labute approximate surface area is 141 Å². The highest BCUT2D eigenvalue weighted by molar-refractivity contribution is 5.85. The van der Waals surface area contributed by atoms with Crippen LogP contribution in [0.5, 0.6) is 0 Å². The molecule has 128 valence electrons. The monoisotopic (exact) mass is 331 g/mol. The lowest BCUT2D eigenvalue weighted by molar-refractivity contribution is -0.147. The number of fused-ring (bicyclic) bond motifs is 1. The van der Waals surface area contributed by atoms with Crippen molar-refractivity contribution in [2.75, 3.05) is 19.7 Å². The minimum Gasteiger partial charge on any atom is -0.374 e. The van der Waals surface area contributed by atoms with Crippen LogP contribution in [0.1, 0.15) is 54.4 Å². The van der Waals surface area contributed by atoms with Crippen molar-refractivity contribution < 1.29 is 18.7 Å². The molecule has 1 aromatic rings. The second-order valence-corrected chi connectivity index (χ2v) is 7.83. The fourth-order valence-electron chi connectivity index (χ4n) is 4.83. The number of amides is 1. The second-order valence-electron chi connectivity index (χ2n) is 7.83. The molecule has 3 saturated heterocycles. The van der Waals surface area contributed by atoms with E-state index in [1.165, 1.54) is 6.07 Å². The average molecular weight is 331 g/mol. The lowest BCUT2D eigenvalue weighted by Gasteiger charge is -2.45. The maximum absolute atomic E-state index is 14.5. The molecule has 1 amide bonds. The molecule has 0 radical (unpaired) electrons. The molecular formula is C19H22FNO3. The van der Waals surface area contributed by atoms with Crippen LogP contribution in [0.15, 0.2) is 18.2 Å². The van der Waals surface area contributed by atoms with Crippen LogP contribution >= 0.6 is 0 Å². The molecule has 5 heteroatoms. The molecule has 0 N–H and O–H groups in total. The highest BCUT2D eigenvalue weighted by Crippen LogP contribution is 2.58. The second kappa shape index (κ2) is 5.38. The Kier molecular flexibility index (Phi) is 3.53. The molecule has 24 heavy (non-hydrogen) atoms. The summed E-state index contributed by atoms with van der Waals surface area (Å²) in [5.74, 6) is -0.327. The van der Waals surface area contributed by atoms with E-state index in [9.17, 15) is 14.0 Å². The van der Waals surface area contributed by atoms with Gasteiger partial charge in [0.1, 0.15) is 5.82 Å². The van der Waals surface area contributed by atoms with Crippen LogP contribution in [0.4, 0.5) is 4.39 Å². The number of nitrogens with zero attached hydrogens (tertiary/aromatic N) is 1. The highest BCUT2D eigenvalue weighted by Gasteiger charge is 2.64. The number of hydrogen-bond acceptors (Lipinski definition) is 3. The van der Waals surface area contributed by atoms with E-state index in [0.29, 0.717) is 25.0 Å². The first-order valence-corrected chi connectivity index (χ1v) is 8.63. The van der Waals surface area contributed by atoms with Crippen molar-refractivity contribution in [3.8, 4) is 0 Å². The molecule has 1 atom stereocenters. The van der Waals surface area contributed by atoms with Gasteiger partial charge in [-0.3, -0.25) is 9.59 Å². The van der Waals surface area contributed by atoms with Crippen molar-refractivity contribution in [1.82, 2.24) is 4.90 Å². The van der Waals surface area contributed by atoms with Gasteiger partial charge in [0.2, 0.25) is 5.91 Å². The summed E-state index contributed by atoms with van der Waals surface area (Å²) in [6.45, 7) is 3.82. The summed E-state index contributed by atoms with van der Waals surface area (Å²) in [7, 11) is 0. The number of halogens is 1. The molecule has 3 heterocycles. The first kappa shape index (κ1) is 15.8. The van der Waals surface area contributed by atoms with Gasteiger partial charge < -0.3 is 9.64 Å². The van der Waals surface area contributed by atoms with E-state index in [-0.39, 0.29) is 28.4 Å². The van der Waals surface area contributed by atoms with Gasteiger partial charge in [-0.2, -0.15) is 0 Å². The van der Waals surface area contributed by atoms with E-state index < -0.39 is 5.82 Å². The van der Waals surface area contributed by atoms with Crippen LogP contribution in [0.3, 0.4) is 0 Å². The van der Waals surface area contributed by atoms with Gasteiger partial charge >= 0.3 is 0 Å². The summed E-state index contributed by atoms with van der Waals surface area (Å²) < 4.78 is 20.2. The number of carbonyl (C=O) groups excluding carboxylic acids is 2. The van der Waals surface area contributed by atoms with Gasteiger partial charge in [-0.05, 0) is 44.2 Å². The van der Waals surface area contributed by atoms with Crippen molar-refractivity contribution in [2.45, 2.75) is 44.1 Å². The minimum atomic E-state index is -0.439. The zero-order chi connectivity index (χ0) is 16.9. The predicted molar refractivity (Wildman–Crippen MR) is 86.4 cm³/mol. The molecule has 2 bridgehead atoms. The van der Waals surface area contributed by atoms with E-state index in [1.807, 2.05) is 4.90 Å². The highest BCUT2D eigenvalue weighted by atomic mass is 19.1. The smallest absolute Gasteiger partial charge is 0.231 e. The van der Waals surface area contributed by atoms with Gasteiger partial charge in [0.15, 0.2) is 6.29 Å². The van der Waals surface area contributed by atoms with Gasteiger partial charge in [0.25, 0.3) is 0 Å². The molecule has 4 fully saturated rings. The molecule has 0 aromatic heterocycles. The van der Waals surface area contributed by atoms with Crippen LogP contribution < -0.4 is 0 Å². The Balaban J connectivity index is 1.52. The predicted octanol–water partition coefficient (Wildman–Crippen LogP) is 2.91. The van der Waals surface area contributed by atoms with Gasteiger partial charge in [-0.25, -0.2) is 4.39 Å². The Hall–Kier alpha value is -1.75. The van der Waals surface area contributed by atoms with E-state index in [1.54, 1.807) is 12.1 Å². The van der Waals surface area contributed by atoms with Crippen molar-refractivity contribution in [1.29, 1.82) is 0 Å². The largest absolute Gasteiger partial charge is 0.374 e. The average Bonchev–Trinajstić information content (AvgIpc) is 3.09. The molecular weight excluding hydrogens is 309 g/mol. The van der Waals surface area contributed by atoms with Crippen LogP contribution in [0.2, 0.25) is 0 Å². The minimum absolute atomic E-state index is 0.0484. The Morgan fingerprint density at radius 1 is 1.42 bits per heavy atom. The van der Waals surface area contributed by atoms with Crippen LogP contribution in [-0.2, 0) is 9.53 Å². The third-order valence-corrected chi connectivity index (χ3v) is 5.91. The van der Waals surface area contributed by atoms with E-state index in [4.69, 9.17) is 4.74 Å². The first-order chi connectivity index (χ1) is 11.5. The molecule has 3 aliphatic heterocycles. The fourth-order valence-corrected chi connectivity index (χ4v) is 4.83. The van der Waals surface area contributed by atoms with Gasteiger partial charge in [-0.1, -0.05) is 12.1 Å². The third kappa shape index (κ3) is 2.29. The molecule has 1 aromatic carbocycles. The maximum atomic E-state index is 14.5. The zero-order valence-electron chi connectivity index (χ0n) is 13.9. The maximum Gasteiger partial charge on any atom is 0.231 e. The summed E-state index contributed by atoms with van der Waals surface area (Å²) in [5.41, 5.74) is 0.180. The molecule has 4 nitrogen and oxygen atoms in total. The number of benzene rings is 1. The summed E-state index contributed by atoms with van der Waals surface area (Å²) in [6, 6.07) is 4.93. The summed E-state index contributed by atoms with van der Waals surface area (Å²) in [6.07, 6.45) is 3.85. The lowest BCUT2D eigenvalue weighted by Crippen LogP contribution is -2.54. The molecule has 1 unspecified atom stereocenters. The van der Waals surface area contributed by atoms with Gasteiger partial charge in [-0.15, -0.1) is 0 Å². The van der Waals surface area contributed by atoms with E-state index in [2.05, 4.69) is 6.92 Å². The number of rotatable bonds is 3. The Bertz CT molecular complexity index is 696. The quantitative estimate of drug-likeness (QED) is 0.800.